The van der Waals surface area contributed by atoms with Gasteiger partial charge in [-0.2, -0.15) is 0 Å². The molecule has 0 unspecified atom stereocenters. The molecule has 2 heterocycles. The molecule has 0 atom stereocenters. The summed E-state index contributed by atoms with van der Waals surface area (Å²) < 4.78 is 1.98. The van der Waals surface area contributed by atoms with Crippen molar-refractivity contribution in [3.8, 4) is 0 Å². The van der Waals surface area contributed by atoms with E-state index in [0.717, 1.165) is 21.4 Å². The number of barbiturate groups is 1. The van der Waals surface area contributed by atoms with E-state index in [1.54, 1.807) is 12.1 Å². The zero-order valence-corrected chi connectivity index (χ0v) is 17.8. The highest BCUT2D eigenvalue weighted by molar-refractivity contribution is 6.35. The van der Waals surface area contributed by atoms with Gasteiger partial charge in [0.1, 0.15) is 5.57 Å². The van der Waals surface area contributed by atoms with Gasteiger partial charge in [0.25, 0.3) is 11.8 Å². The third-order valence-electron chi connectivity index (χ3n) is 4.97. The van der Waals surface area contributed by atoms with E-state index in [1.807, 2.05) is 41.1 Å². The Bertz CT molecular complexity index is 1280. The molecule has 0 aliphatic carbocycles. The van der Waals surface area contributed by atoms with Crippen molar-refractivity contribution < 1.29 is 14.4 Å². The number of nitrogens with one attached hydrogen (secondary N) is 1. The third-order valence-corrected chi connectivity index (χ3v) is 5.56. The van der Waals surface area contributed by atoms with E-state index in [-0.39, 0.29) is 12.1 Å². The number of para-hydroxylation sites is 1. The number of hydrogen-bond donors (Lipinski definition) is 1. The fourth-order valence-electron chi connectivity index (χ4n) is 3.50. The maximum absolute atomic E-state index is 12.7. The molecule has 3 aromatic rings. The van der Waals surface area contributed by atoms with Crippen molar-refractivity contribution in [3.05, 3.63) is 88.1 Å². The van der Waals surface area contributed by atoms with Gasteiger partial charge in [-0.1, -0.05) is 53.5 Å². The molecule has 6 nitrogen and oxygen atoms in total. The Balaban J connectivity index is 1.78. The summed E-state index contributed by atoms with van der Waals surface area (Å²) in [5.41, 5.74) is 2.34. The van der Waals surface area contributed by atoms with E-state index in [0.29, 0.717) is 22.2 Å². The lowest BCUT2D eigenvalue weighted by molar-refractivity contribution is -0.129. The smallest absolute Gasteiger partial charge is 0.331 e. The first-order chi connectivity index (χ1) is 14.9. The predicted molar refractivity (Wildman–Crippen MR) is 121 cm³/mol. The number of nitrogens with zero attached hydrogens (tertiary/aromatic N) is 2. The number of hydrogen-bond acceptors (Lipinski definition) is 3. The highest BCUT2D eigenvalue weighted by Gasteiger charge is 2.35. The molecule has 1 saturated heterocycles. The molecule has 0 bridgehead atoms. The lowest BCUT2D eigenvalue weighted by Crippen LogP contribution is -2.54. The lowest BCUT2D eigenvalue weighted by Gasteiger charge is -2.25. The summed E-state index contributed by atoms with van der Waals surface area (Å²) >= 11 is 12.3. The number of aromatic nitrogens is 1. The van der Waals surface area contributed by atoms with Crippen LogP contribution >= 0.6 is 23.2 Å². The van der Waals surface area contributed by atoms with Crippen LogP contribution in [0.4, 0.5) is 4.79 Å². The topological polar surface area (TPSA) is 71.4 Å². The van der Waals surface area contributed by atoms with Gasteiger partial charge in [-0.15, -0.1) is 6.58 Å². The Morgan fingerprint density at radius 1 is 1.06 bits per heavy atom. The van der Waals surface area contributed by atoms with Gasteiger partial charge in [0, 0.05) is 45.8 Å². The minimum Gasteiger partial charge on any atom is -0.342 e. The van der Waals surface area contributed by atoms with Crippen LogP contribution in [0, 0.1) is 0 Å². The Labute approximate surface area is 188 Å². The van der Waals surface area contributed by atoms with E-state index >= 15 is 0 Å². The molecule has 1 fully saturated rings. The molecule has 1 N–H and O–H groups in total. The highest BCUT2D eigenvalue weighted by Crippen LogP contribution is 2.28. The molecule has 4 rings (SSSR count). The van der Waals surface area contributed by atoms with Gasteiger partial charge in [0.2, 0.25) is 0 Å². The van der Waals surface area contributed by atoms with Crippen LogP contribution in [0.2, 0.25) is 10.0 Å². The van der Waals surface area contributed by atoms with E-state index in [4.69, 9.17) is 23.2 Å². The minimum atomic E-state index is -0.758. The normalized spacial score (nSPS) is 15.6. The minimum absolute atomic E-state index is 0.00606. The number of urea groups is 1. The predicted octanol–water partition coefficient (Wildman–Crippen LogP) is 4.64. The van der Waals surface area contributed by atoms with Crippen LogP contribution in [-0.4, -0.2) is 33.9 Å². The van der Waals surface area contributed by atoms with Crippen molar-refractivity contribution in [1.82, 2.24) is 14.8 Å². The SMILES string of the molecule is C=CCN1C(=O)NC(=O)C(=Cc2cn(Cc3ccc(Cl)cc3Cl)c3ccccc23)C1=O. The van der Waals surface area contributed by atoms with Crippen LogP contribution in [0.25, 0.3) is 17.0 Å². The highest BCUT2D eigenvalue weighted by atomic mass is 35.5. The van der Waals surface area contributed by atoms with E-state index < -0.39 is 17.8 Å². The molecule has 0 spiro atoms. The monoisotopic (exact) mass is 453 g/mol. The molecule has 31 heavy (non-hydrogen) atoms. The summed E-state index contributed by atoms with van der Waals surface area (Å²) in [4.78, 5) is 38.0. The van der Waals surface area contributed by atoms with Gasteiger partial charge in [0.15, 0.2) is 0 Å². The second-order valence-corrected chi connectivity index (χ2v) is 7.83. The van der Waals surface area contributed by atoms with Crippen LogP contribution in [0.3, 0.4) is 0 Å². The summed E-state index contributed by atoms with van der Waals surface area (Å²) in [6.45, 7) is 4.03. The van der Waals surface area contributed by atoms with Crippen molar-refractivity contribution in [2.75, 3.05) is 6.54 Å². The number of amides is 4. The number of imide groups is 2. The largest absolute Gasteiger partial charge is 0.342 e. The number of carbonyl (C=O) groups excluding carboxylic acids is 3. The van der Waals surface area contributed by atoms with Crippen molar-refractivity contribution in [1.29, 1.82) is 0 Å². The fraction of sp³-hybridized carbons (Fsp3) is 0.0870. The van der Waals surface area contributed by atoms with Gasteiger partial charge < -0.3 is 4.57 Å². The molecule has 0 saturated carbocycles. The standard InChI is InChI=1S/C23H17Cl2N3O3/c1-2-9-28-22(30)18(21(29)26-23(28)31)10-15-13-27(20-6-4-3-5-17(15)20)12-14-7-8-16(24)11-19(14)25/h2-8,10-11,13H,1,9,12H2,(H,26,29,31). The van der Waals surface area contributed by atoms with Gasteiger partial charge in [0.05, 0.1) is 0 Å². The molecular weight excluding hydrogens is 437 g/mol. The van der Waals surface area contributed by atoms with Gasteiger partial charge in [-0.3, -0.25) is 19.8 Å². The lowest BCUT2D eigenvalue weighted by atomic mass is 10.1. The Morgan fingerprint density at radius 2 is 1.84 bits per heavy atom. The van der Waals surface area contributed by atoms with E-state index in [9.17, 15) is 14.4 Å². The second-order valence-electron chi connectivity index (χ2n) is 6.99. The van der Waals surface area contributed by atoms with Crippen LogP contribution < -0.4 is 5.32 Å². The van der Waals surface area contributed by atoms with Crippen molar-refractivity contribution in [3.63, 3.8) is 0 Å². The van der Waals surface area contributed by atoms with Crippen LogP contribution in [0.5, 0.6) is 0 Å². The quantitative estimate of drug-likeness (QED) is 0.347. The first-order valence-electron chi connectivity index (χ1n) is 9.40. The average Bonchev–Trinajstić information content (AvgIpc) is 3.08. The molecule has 2 aromatic carbocycles. The van der Waals surface area contributed by atoms with Crippen LogP contribution in [0.15, 0.2) is 66.9 Å². The number of benzene rings is 2. The van der Waals surface area contributed by atoms with Crippen LogP contribution in [-0.2, 0) is 16.1 Å². The third kappa shape index (κ3) is 4.00. The number of carbonyl (C=O) groups is 3. The Kier molecular flexibility index (Phi) is 5.67. The van der Waals surface area contributed by atoms with Crippen molar-refractivity contribution >= 4 is 58.0 Å². The van der Waals surface area contributed by atoms with Crippen molar-refractivity contribution in [2.24, 2.45) is 0 Å². The van der Waals surface area contributed by atoms with Gasteiger partial charge >= 0.3 is 6.03 Å². The Morgan fingerprint density at radius 3 is 2.58 bits per heavy atom. The summed E-state index contributed by atoms with van der Waals surface area (Å²) in [6, 6.07) is 12.2. The number of fused-ring (bicyclic) bond motifs is 1. The van der Waals surface area contributed by atoms with Gasteiger partial charge in [-0.25, -0.2) is 4.79 Å². The van der Waals surface area contributed by atoms with Crippen molar-refractivity contribution in [2.45, 2.75) is 6.54 Å². The molecule has 4 amide bonds. The van der Waals surface area contributed by atoms with Crippen LogP contribution in [0.1, 0.15) is 11.1 Å². The average molecular weight is 454 g/mol. The molecule has 1 aliphatic heterocycles. The molecular formula is C23H17Cl2N3O3. The summed E-state index contributed by atoms with van der Waals surface area (Å²) in [5, 5.41) is 4.15. The van der Waals surface area contributed by atoms with Gasteiger partial charge in [-0.05, 0) is 29.8 Å². The molecule has 1 aromatic heterocycles. The summed E-state index contributed by atoms with van der Waals surface area (Å²) in [6.07, 6.45) is 4.77. The fourth-order valence-corrected chi connectivity index (χ4v) is 3.97. The molecule has 8 heteroatoms. The second kappa shape index (κ2) is 8.41. The zero-order valence-electron chi connectivity index (χ0n) is 16.3. The molecule has 1 aliphatic rings. The zero-order chi connectivity index (χ0) is 22.1. The first-order valence-corrected chi connectivity index (χ1v) is 10.2. The first kappa shape index (κ1) is 20.9. The molecule has 156 valence electrons. The number of rotatable bonds is 5. The maximum atomic E-state index is 12.7. The number of halogens is 2. The maximum Gasteiger partial charge on any atom is 0.331 e. The molecule has 0 radical (unpaired) electrons. The van der Waals surface area contributed by atoms with E-state index in [2.05, 4.69) is 11.9 Å². The Hall–Kier alpha value is -3.35. The summed E-state index contributed by atoms with van der Waals surface area (Å²) in [7, 11) is 0. The summed E-state index contributed by atoms with van der Waals surface area (Å²) in [5.74, 6) is -1.39. The van der Waals surface area contributed by atoms with E-state index in [1.165, 1.54) is 12.2 Å².